The van der Waals surface area contributed by atoms with E-state index in [1.54, 1.807) is 25.3 Å². The highest BCUT2D eigenvalue weighted by Crippen LogP contribution is 2.16. The zero-order chi connectivity index (χ0) is 18.2. The van der Waals surface area contributed by atoms with E-state index < -0.39 is 5.91 Å². The average molecular weight is 345 g/mol. The Kier molecular flexibility index (Phi) is 6.56. The third-order valence-electron chi connectivity index (χ3n) is 3.56. The molecule has 25 heavy (non-hydrogen) atoms. The Morgan fingerprint density at radius 1 is 1.32 bits per heavy atom. The monoisotopic (exact) mass is 345 g/mol. The molecule has 0 aliphatic carbocycles. The van der Waals surface area contributed by atoms with E-state index in [1.807, 2.05) is 4.57 Å². The van der Waals surface area contributed by atoms with Crippen LogP contribution in [-0.2, 0) is 22.5 Å². The van der Waals surface area contributed by atoms with Gasteiger partial charge in [-0.1, -0.05) is 19.4 Å². The third kappa shape index (κ3) is 5.34. The van der Waals surface area contributed by atoms with Crippen molar-refractivity contribution in [1.29, 1.82) is 0 Å². The van der Waals surface area contributed by atoms with Gasteiger partial charge in [-0.2, -0.15) is 0 Å². The first-order valence-electron chi connectivity index (χ1n) is 8.35. The number of unbranched alkanes of at least 4 members (excludes halogenated alkanes) is 1. The van der Waals surface area contributed by atoms with Crippen LogP contribution in [0.5, 0.6) is 5.75 Å². The number of phenols is 1. The predicted octanol–water partition coefficient (Wildman–Crippen LogP) is 2.75. The van der Waals surface area contributed by atoms with Crippen LogP contribution in [0.25, 0.3) is 0 Å². The molecular formula is C18H23N3O4. The number of hydrogen-bond donors (Lipinski definition) is 2. The van der Waals surface area contributed by atoms with Crippen molar-refractivity contribution in [1.82, 2.24) is 9.55 Å². The van der Waals surface area contributed by atoms with Gasteiger partial charge >= 0.3 is 5.97 Å². The molecule has 0 aliphatic heterocycles. The fourth-order valence-corrected chi connectivity index (χ4v) is 2.35. The molecule has 7 heteroatoms. The number of hydrogen-bond acceptors (Lipinski definition) is 5. The average Bonchev–Trinajstić information content (AvgIpc) is 2.96. The van der Waals surface area contributed by atoms with E-state index in [1.165, 1.54) is 12.1 Å². The number of carbonyl (C=O) groups excluding carboxylic acids is 2. The Labute approximate surface area is 146 Å². The van der Waals surface area contributed by atoms with Crippen molar-refractivity contribution < 1.29 is 19.4 Å². The van der Waals surface area contributed by atoms with Gasteiger partial charge in [0.2, 0.25) is 0 Å². The number of nitrogens with zero attached hydrogens (tertiary/aromatic N) is 2. The summed E-state index contributed by atoms with van der Waals surface area (Å²) in [6.45, 7) is 4.80. The molecule has 2 rings (SSSR count). The summed E-state index contributed by atoms with van der Waals surface area (Å²) in [5.74, 6) is -0.195. The van der Waals surface area contributed by atoms with Crippen LogP contribution in [0.15, 0.2) is 30.5 Å². The van der Waals surface area contributed by atoms with Gasteiger partial charge in [-0.05, 0) is 25.5 Å². The number of anilines is 1. The molecule has 0 spiro atoms. The van der Waals surface area contributed by atoms with Gasteiger partial charge in [0.05, 0.1) is 6.61 Å². The highest BCUT2D eigenvalue weighted by atomic mass is 16.5. The molecule has 0 saturated heterocycles. The van der Waals surface area contributed by atoms with Crippen molar-refractivity contribution in [2.24, 2.45) is 0 Å². The molecule has 134 valence electrons. The maximum absolute atomic E-state index is 12.4. The molecule has 1 aromatic carbocycles. The van der Waals surface area contributed by atoms with Crippen LogP contribution in [0.1, 0.15) is 43.0 Å². The molecule has 0 atom stereocenters. The predicted molar refractivity (Wildman–Crippen MR) is 93.5 cm³/mol. The van der Waals surface area contributed by atoms with Crippen LogP contribution in [0.2, 0.25) is 0 Å². The maximum atomic E-state index is 12.4. The van der Waals surface area contributed by atoms with Gasteiger partial charge in [0.15, 0.2) is 0 Å². The number of nitrogens with one attached hydrogen (secondary N) is 1. The van der Waals surface area contributed by atoms with E-state index in [2.05, 4.69) is 17.2 Å². The number of ether oxygens (including phenoxy) is 1. The lowest BCUT2D eigenvalue weighted by molar-refractivity contribution is -0.142. The fourth-order valence-electron chi connectivity index (χ4n) is 2.35. The lowest BCUT2D eigenvalue weighted by Crippen LogP contribution is -2.13. The zero-order valence-corrected chi connectivity index (χ0v) is 14.5. The molecular weight excluding hydrogens is 322 g/mol. The van der Waals surface area contributed by atoms with Gasteiger partial charge in [0.1, 0.15) is 23.7 Å². The lowest BCUT2D eigenvalue weighted by atomic mass is 10.3. The standard InChI is InChI=1S/C18H23N3O4/c1-3-5-9-21-12-15(20-16(21)11-17(23)25-4-2)18(24)19-13-7-6-8-14(22)10-13/h6-8,10,12,22H,3-5,9,11H2,1-2H3,(H,19,24). The Balaban J connectivity index is 2.17. The Hall–Kier alpha value is -2.83. The first-order chi connectivity index (χ1) is 12.0. The third-order valence-corrected chi connectivity index (χ3v) is 3.56. The fraction of sp³-hybridized carbons (Fsp3) is 0.389. The molecule has 1 aromatic heterocycles. The second-order valence-electron chi connectivity index (χ2n) is 5.58. The van der Waals surface area contributed by atoms with E-state index in [4.69, 9.17) is 4.74 Å². The number of aromatic hydroxyl groups is 1. The molecule has 7 nitrogen and oxygen atoms in total. The number of imidazole rings is 1. The second kappa shape index (κ2) is 8.86. The van der Waals surface area contributed by atoms with E-state index in [9.17, 15) is 14.7 Å². The number of benzene rings is 1. The number of aromatic nitrogens is 2. The van der Waals surface area contributed by atoms with Crippen molar-refractivity contribution in [3.05, 3.63) is 42.0 Å². The largest absolute Gasteiger partial charge is 0.508 e. The van der Waals surface area contributed by atoms with Gasteiger partial charge in [0, 0.05) is 24.5 Å². The summed E-state index contributed by atoms with van der Waals surface area (Å²) in [6.07, 6.45) is 3.57. The highest BCUT2D eigenvalue weighted by Gasteiger charge is 2.17. The summed E-state index contributed by atoms with van der Waals surface area (Å²) in [6, 6.07) is 6.28. The lowest BCUT2D eigenvalue weighted by Gasteiger charge is -2.06. The van der Waals surface area contributed by atoms with E-state index >= 15 is 0 Å². The van der Waals surface area contributed by atoms with Gasteiger partial charge in [-0.3, -0.25) is 9.59 Å². The summed E-state index contributed by atoms with van der Waals surface area (Å²) in [5, 5.41) is 12.2. The number of amides is 1. The van der Waals surface area contributed by atoms with Crippen LogP contribution in [0.3, 0.4) is 0 Å². The summed E-state index contributed by atoms with van der Waals surface area (Å²) in [5.41, 5.74) is 0.693. The van der Waals surface area contributed by atoms with E-state index in [0.29, 0.717) is 24.7 Å². The minimum absolute atomic E-state index is 0.0248. The minimum Gasteiger partial charge on any atom is -0.508 e. The summed E-state index contributed by atoms with van der Waals surface area (Å²) in [4.78, 5) is 28.4. The molecule has 1 heterocycles. The minimum atomic E-state index is -0.397. The topological polar surface area (TPSA) is 93.5 Å². The van der Waals surface area contributed by atoms with Crippen molar-refractivity contribution in [2.75, 3.05) is 11.9 Å². The SMILES string of the molecule is CCCCn1cc(C(=O)Nc2cccc(O)c2)nc1CC(=O)OCC. The summed E-state index contributed by atoms with van der Waals surface area (Å²) < 4.78 is 6.78. The van der Waals surface area contributed by atoms with E-state index in [-0.39, 0.29) is 23.8 Å². The molecule has 0 bridgehead atoms. The van der Waals surface area contributed by atoms with Crippen LogP contribution < -0.4 is 5.32 Å². The highest BCUT2D eigenvalue weighted by molar-refractivity contribution is 6.02. The van der Waals surface area contributed by atoms with Crippen molar-refractivity contribution >= 4 is 17.6 Å². The number of esters is 1. The first-order valence-corrected chi connectivity index (χ1v) is 8.35. The molecule has 2 N–H and O–H groups in total. The zero-order valence-electron chi connectivity index (χ0n) is 14.5. The Morgan fingerprint density at radius 2 is 2.12 bits per heavy atom. The van der Waals surface area contributed by atoms with Crippen LogP contribution in [0.4, 0.5) is 5.69 Å². The van der Waals surface area contributed by atoms with Crippen LogP contribution >= 0.6 is 0 Å². The van der Waals surface area contributed by atoms with Gasteiger partial charge < -0.3 is 19.7 Å². The number of rotatable bonds is 8. The van der Waals surface area contributed by atoms with Gasteiger partial charge in [-0.25, -0.2) is 4.98 Å². The van der Waals surface area contributed by atoms with Crippen molar-refractivity contribution in [3.8, 4) is 5.75 Å². The van der Waals surface area contributed by atoms with Crippen molar-refractivity contribution in [2.45, 2.75) is 39.7 Å². The van der Waals surface area contributed by atoms with Gasteiger partial charge in [-0.15, -0.1) is 0 Å². The Morgan fingerprint density at radius 3 is 2.80 bits per heavy atom. The number of carbonyl (C=O) groups is 2. The number of aryl methyl sites for hydroxylation is 1. The molecule has 0 unspecified atom stereocenters. The summed E-state index contributed by atoms with van der Waals surface area (Å²) in [7, 11) is 0. The van der Waals surface area contributed by atoms with Crippen LogP contribution in [-0.4, -0.2) is 33.1 Å². The van der Waals surface area contributed by atoms with Crippen LogP contribution in [0, 0.1) is 0 Å². The number of phenolic OH excluding ortho intramolecular Hbond substituents is 1. The smallest absolute Gasteiger partial charge is 0.313 e. The molecule has 1 amide bonds. The van der Waals surface area contributed by atoms with Gasteiger partial charge in [0.25, 0.3) is 5.91 Å². The maximum Gasteiger partial charge on any atom is 0.313 e. The second-order valence-corrected chi connectivity index (χ2v) is 5.58. The molecule has 0 radical (unpaired) electrons. The first kappa shape index (κ1) is 18.5. The van der Waals surface area contributed by atoms with Crippen molar-refractivity contribution in [3.63, 3.8) is 0 Å². The summed E-state index contributed by atoms with van der Waals surface area (Å²) >= 11 is 0. The Bertz CT molecular complexity index is 740. The normalized spacial score (nSPS) is 10.5. The quantitative estimate of drug-likeness (QED) is 0.718. The molecule has 0 fully saturated rings. The molecule has 2 aromatic rings. The van der Waals surface area contributed by atoms with E-state index in [0.717, 1.165) is 12.8 Å². The molecule has 0 aliphatic rings. The molecule has 0 saturated carbocycles.